The summed E-state index contributed by atoms with van der Waals surface area (Å²) < 4.78 is 2.17. The zero-order chi connectivity index (χ0) is 20.8. The molecule has 0 bridgehead atoms. The molecule has 4 aromatic rings. The van der Waals surface area contributed by atoms with Crippen LogP contribution in [-0.4, -0.2) is 30.8 Å². The molecular weight excluding hydrogens is 384 g/mol. The van der Waals surface area contributed by atoms with E-state index in [1.807, 2.05) is 6.07 Å². The minimum Gasteiger partial charge on any atom is -0.478 e. The number of nitrogens with one attached hydrogen (secondary N) is 2. The fraction of sp³-hybridized carbons (Fsp3) is 0.273. The first-order valence-corrected chi connectivity index (χ1v) is 10.0. The first-order chi connectivity index (χ1) is 14.5. The molecule has 2 aromatic heterocycles. The molecule has 0 radical (unpaired) electrons. The van der Waals surface area contributed by atoms with Crippen LogP contribution in [0.3, 0.4) is 0 Å². The molecule has 1 fully saturated rings. The van der Waals surface area contributed by atoms with Crippen molar-refractivity contribution >= 4 is 27.8 Å². The predicted molar refractivity (Wildman–Crippen MR) is 113 cm³/mol. The Labute approximate surface area is 170 Å². The average molecular weight is 404 g/mol. The first-order valence-electron chi connectivity index (χ1n) is 10.0. The van der Waals surface area contributed by atoms with Crippen molar-refractivity contribution in [2.45, 2.75) is 38.1 Å². The fourth-order valence-electron chi connectivity index (χ4n) is 4.46. The number of fused-ring (bicyclic) bond motifs is 2. The Balaban J connectivity index is 1.78. The van der Waals surface area contributed by atoms with Crippen molar-refractivity contribution < 1.29 is 9.90 Å². The normalized spacial score (nSPS) is 15.1. The lowest BCUT2D eigenvalue weighted by atomic mass is 9.94. The van der Waals surface area contributed by atoms with Crippen molar-refractivity contribution in [1.82, 2.24) is 19.7 Å². The molecule has 3 N–H and O–H groups in total. The molecule has 0 saturated heterocycles. The molecule has 1 aliphatic rings. The monoisotopic (exact) mass is 404 g/mol. The Morgan fingerprint density at radius 1 is 0.967 bits per heavy atom. The van der Waals surface area contributed by atoms with Gasteiger partial charge in [0.1, 0.15) is 5.82 Å². The van der Waals surface area contributed by atoms with Crippen molar-refractivity contribution in [1.29, 1.82) is 0 Å². The number of hydrogen-bond acceptors (Lipinski definition) is 4. The van der Waals surface area contributed by atoms with Gasteiger partial charge in [0.2, 0.25) is 0 Å². The molecule has 30 heavy (non-hydrogen) atoms. The first kappa shape index (κ1) is 18.4. The summed E-state index contributed by atoms with van der Waals surface area (Å²) in [6.45, 7) is 0. The summed E-state index contributed by atoms with van der Waals surface area (Å²) in [5.41, 5.74) is 1.65. The summed E-state index contributed by atoms with van der Waals surface area (Å²) in [7, 11) is 0. The zero-order valence-electron chi connectivity index (χ0n) is 16.1. The predicted octanol–water partition coefficient (Wildman–Crippen LogP) is 3.44. The van der Waals surface area contributed by atoms with Crippen molar-refractivity contribution in [3.8, 4) is 11.4 Å². The third-order valence-electron chi connectivity index (χ3n) is 5.93. The van der Waals surface area contributed by atoms with Crippen LogP contribution in [0, 0.1) is 0 Å². The topological polar surface area (TPSA) is 121 Å². The van der Waals surface area contributed by atoms with Gasteiger partial charge in [-0.2, -0.15) is 0 Å². The van der Waals surface area contributed by atoms with Crippen molar-refractivity contribution in [2.24, 2.45) is 0 Å². The van der Waals surface area contributed by atoms with E-state index in [1.54, 1.807) is 30.3 Å². The minimum atomic E-state index is -0.998. The highest BCUT2D eigenvalue weighted by Crippen LogP contribution is 2.36. The number of imidazole rings is 1. The lowest BCUT2D eigenvalue weighted by Crippen LogP contribution is -2.19. The van der Waals surface area contributed by atoms with E-state index in [0.717, 1.165) is 36.8 Å². The van der Waals surface area contributed by atoms with E-state index < -0.39 is 5.97 Å². The maximum Gasteiger partial charge on any atom is 0.335 e. The number of aromatic carboxylic acids is 1. The van der Waals surface area contributed by atoms with E-state index in [-0.39, 0.29) is 22.7 Å². The Kier molecular flexibility index (Phi) is 4.27. The molecule has 8 heteroatoms. The van der Waals surface area contributed by atoms with E-state index in [9.17, 15) is 19.5 Å². The number of carboxylic acid groups (broad SMARTS) is 1. The van der Waals surface area contributed by atoms with Crippen LogP contribution in [0.1, 0.15) is 48.5 Å². The van der Waals surface area contributed by atoms with E-state index >= 15 is 0 Å². The zero-order valence-corrected chi connectivity index (χ0v) is 16.1. The van der Waals surface area contributed by atoms with Gasteiger partial charge in [0, 0.05) is 11.6 Å². The van der Waals surface area contributed by atoms with Gasteiger partial charge in [-0.1, -0.05) is 25.3 Å². The van der Waals surface area contributed by atoms with Gasteiger partial charge in [-0.3, -0.25) is 19.8 Å². The van der Waals surface area contributed by atoms with Gasteiger partial charge in [0.25, 0.3) is 11.1 Å². The van der Waals surface area contributed by atoms with Crippen LogP contribution in [0.25, 0.3) is 33.2 Å². The van der Waals surface area contributed by atoms with Crippen molar-refractivity contribution in [2.75, 3.05) is 0 Å². The van der Waals surface area contributed by atoms with E-state index in [2.05, 4.69) is 14.8 Å². The van der Waals surface area contributed by atoms with Gasteiger partial charge < -0.3 is 9.67 Å². The standard InChI is InChI=1S/C22H20N4O4/c27-20-15-8-6-12(10-16(15)21(28)25-24-20)19-23-17-11-13(22(29)30)7-9-18(17)26(19)14-4-2-1-3-5-14/h6-11,14H,1-5H2,(H,24,27)(H,25,28)(H,29,30). The fourth-order valence-corrected chi connectivity index (χ4v) is 4.46. The molecule has 0 spiro atoms. The number of nitrogens with zero attached hydrogens (tertiary/aromatic N) is 2. The van der Waals surface area contributed by atoms with E-state index in [0.29, 0.717) is 22.1 Å². The number of hydrogen-bond donors (Lipinski definition) is 3. The number of rotatable bonds is 3. The van der Waals surface area contributed by atoms with Gasteiger partial charge in [0.05, 0.1) is 27.4 Å². The van der Waals surface area contributed by atoms with Crippen LogP contribution in [-0.2, 0) is 0 Å². The largest absolute Gasteiger partial charge is 0.478 e. The highest BCUT2D eigenvalue weighted by molar-refractivity contribution is 5.94. The van der Waals surface area contributed by atoms with E-state index in [1.165, 1.54) is 6.42 Å². The van der Waals surface area contributed by atoms with Crippen LogP contribution in [0.5, 0.6) is 0 Å². The Morgan fingerprint density at radius 3 is 2.43 bits per heavy atom. The number of carbonyl (C=O) groups is 1. The molecule has 0 atom stereocenters. The molecule has 0 amide bonds. The van der Waals surface area contributed by atoms with Crippen LogP contribution in [0.2, 0.25) is 0 Å². The number of aromatic amines is 2. The summed E-state index contributed by atoms with van der Waals surface area (Å²) in [6, 6.07) is 10.3. The third kappa shape index (κ3) is 2.92. The van der Waals surface area contributed by atoms with Crippen molar-refractivity contribution in [3.05, 3.63) is 62.7 Å². The molecule has 8 nitrogen and oxygen atoms in total. The smallest absolute Gasteiger partial charge is 0.335 e. The Bertz CT molecular complexity index is 1410. The van der Waals surface area contributed by atoms with Crippen LogP contribution in [0.4, 0.5) is 0 Å². The lowest BCUT2D eigenvalue weighted by Gasteiger charge is -2.25. The van der Waals surface area contributed by atoms with Crippen LogP contribution in [0.15, 0.2) is 46.0 Å². The summed E-state index contributed by atoms with van der Waals surface area (Å²) in [6.07, 6.45) is 5.50. The SMILES string of the molecule is O=C(O)c1ccc2c(c1)nc(-c1ccc3c(=O)[nH][nH]c(=O)c3c1)n2C1CCCCC1. The number of carboxylic acids is 1. The van der Waals surface area contributed by atoms with Crippen LogP contribution < -0.4 is 11.1 Å². The summed E-state index contributed by atoms with van der Waals surface area (Å²) in [5.74, 6) is -0.317. The van der Waals surface area contributed by atoms with Gasteiger partial charge in [-0.25, -0.2) is 9.78 Å². The van der Waals surface area contributed by atoms with E-state index in [4.69, 9.17) is 4.98 Å². The maximum absolute atomic E-state index is 12.3. The number of benzene rings is 2. The quantitative estimate of drug-likeness (QED) is 0.483. The molecular formula is C22H20N4O4. The molecule has 2 aromatic carbocycles. The highest BCUT2D eigenvalue weighted by atomic mass is 16.4. The third-order valence-corrected chi connectivity index (χ3v) is 5.93. The molecule has 1 aliphatic carbocycles. The van der Waals surface area contributed by atoms with Gasteiger partial charge in [-0.15, -0.1) is 0 Å². The highest BCUT2D eigenvalue weighted by Gasteiger charge is 2.23. The summed E-state index contributed by atoms with van der Waals surface area (Å²) >= 11 is 0. The summed E-state index contributed by atoms with van der Waals surface area (Å²) in [4.78, 5) is 40.5. The Morgan fingerprint density at radius 2 is 1.70 bits per heavy atom. The number of H-pyrrole nitrogens is 2. The van der Waals surface area contributed by atoms with Crippen LogP contribution >= 0.6 is 0 Å². The second-order valence-electron chi connectivity index (χ2n) is 7.77. The summed E-state index contributed by atoms with van der Waals surface area (Å²) in [5, 5.41) is 14.7. The lowest BCUT2D eigenvalue weighted by molar-refractivity contribution is 0.0697. The average Bonchev–Trinajstić information content (AvgIpc) is 3.15. The molecule has 2 heterocycles. The van der Waals surface area contributed by atoms with Gasteiger partial charge >= 0.3 is 5.97 Å². The Hall–Kier alpha value is -3.68. The van der Waals surface area contributed by atoms with Crippen molar-refractivity contribution in [3.63, 3.8) is 0 Å². The molecule has 5 rings (SSSR count). The maximum atomic E-state index is 12.3. The molecule has 0 aliphatic heterocycles. The van der Waals surface area contributed by atoms with Gasteiger partial charge in [-0.05, 0) is 43.2 Å². The molecule has 1 saturated carbocycles. The van der Waals surface area contributed by atoms with Gasteiger partial charge in [0.15, 0.2) is 0 Å². The second-order valence-corrected chi connectivity index (χ2v) is 7.77. The minimum absolute atomic E-state index is 0.184. The molecule has 0 unspecified atom stereocenters. The number of aromatic nitrogens is 4. The second kappa shape index (κ2) is 6.98. The molecule has 152 valence electrons.